The van der Waals surface area contributed by atoms with E-state index < -0.39 is 10.0 Å². The van der Waals surface area contributed by atoms with Crippen molar-refractivity contribution in [3.8, 4) is 0 Å². The average Bonchev–Trinajstić information content (AvgIpc) is 2.46. The van der Waals surface area contributed by atoms with Gasteiger partial charge in [0.25, 0.3) is 0 Å². The van der Waals surface area contributed by atoms with Crippen molar-refractivity contribution in [1.29, 1.82) is 0 Å². The van der Waals surface area contributed by atoms with E-state index in [-0.39, 0.29) is 30.5 Å². The zero-order chi connectivity index (χ0) is 16.9. The molecule has 1 fully saturated rings. The van der Waals surface area contributed by atoms with Gasteiger partial charge < -0.3 is 10.6 Å². The van der Waals surface area contributed by atoms with Crippen molar-refractivity contribution in [2.24, 2.45) is 0 Å². The van der Waals surface area contributed by atoms with Gasteiger partial charge in [0.05, 0.1) is 11.4 Å². The predicted molar refractivity (Wildman–Crippen MR) is 88.7 cm³/mol. The van der Waals surface area contributed by atoms with E-state index in [1.54, 1.807) is 24.3 Å². The van der Waals surface area contributed by atoms with E-state index in [9.17, 15) is 18.0 Å². The third-order valence-corrected chi connectivity index (χ3v) is 5.36. The highest BCUT2D eigenvalue weighted by atomic mass is 32.2. The molecular formula is C15H21N3O4S. The Morgan fingerprint density at radius 3 is 2.74 bits per heavy atom. The Morgan fingerprint density at radius 2 is 2.04 bits per heavy atom. The first-order valence-corrected chi connectivity index (χ1v) is 9.14. The van der Waals surface area contributed by atoms with Gasteiger partial charge >= 0.3 is 0 Å². The summed E-state index contributed by atoms with van der Waals surface area (Å²) in [6.45, 7) is 2.12. The molecule has 2 N–H and O–H groups in total. The second-order valence-electron chi connectivity index (χ2n) is 5.43. The summed E-state index contributed by atoms with van der Waals surface area (Å²) in [6.07, 6.45) is 1.66. The van der Waals surface area contributed by atoms with Gasteiger partial charge in [-0.2, -0.15) is 0 Å². The Labute approximate surface area is 136 Å². The van der Waals surface area contributed by atoms with Crippen molar-refractivity contribution < 1.29 is 18.0 Å². The number of carbonyl (C=O) groups excluding carboxylic acids is 2. The third kappa shape index (κ3) is 4.95. The molecular weight excluding hydrogens is 318 g/mol. The fourth-order valence-electron chi connectivity index (χ4n) is 2.39. The fourth-order valence-corrected chi connectivity index (χ4v) is 4.02. The Balaban J connectivity index is 2.02. The zero-order valence-corrected chi connectivity index (χ0v) is 13.9. The van der Waals surface area contributed by atoms with Gasteiger partial charge in [-0.1, -0.05) is 6.07 Å². The maximum absolute atomic E-state index is 12.1. The quantitative estimate of drug-likeness (QED) is 0.839. The molecule has 1 heterocycles. The molecule has 0 unspecified atom stereocenters. The van der Waals surface area contributed by atoms with Gasteiger partial charge in [-0.05, 0) is 31.0 Å². The summed E-state index contributed by atoms with van der Waals surface area (Å²) in [4.78, 5) is 22.6. The summed E-state index contributed by atoms with van der Waals surface area (Å²) in [6, 6.07) is 6.79. The number of hydrogen-bond donors (Lipinski definition) is 2. The summed E-state index contributed by atoms with van der Waals surface area (Å²) < 4.78 is 25.6. The van der Waals surface area contributed by atoms with Gasteiger partial charge in [-0.3, -0.25) is 13.9 Å². The van der Waals surface area contributed by atoms with Gasteiger partial charge in [0, 0.05) is 32.1 Å². The molecule has 0 atom stereocenters. The Kier molecular flexibility index (Phi) is 5.59. The third-order valence-electron chi connectivity index (χ3n) is 3.49. The molecule has 1 saturated heterocycles. The van der Waals surface area contributed by atoms with E-state index in [0.717, 1.165) is 6.42 Å². The molecule has 1 aromatic rings. The molecule has 0 saturated carbocycles. The molecule has 1 aliphatic rings. The second kappa shape index (κ2) is 7.45. The first kappa shape index (κ1) is 17.3. The number of anilines is 2. The Hall–Kier alpha value is -2.09. The first-order valence-electron chi connectivity index (χ1n) is 7.53. The topological polar surface area (TPSA) is 95.6 Å². The molecule has 0 bridgehead atoms. The van der Waals surface area contributed by atoms with Crippen LogP contribution in [0.3, 0.4) is 0 Å². The van der Waals surface area contributed by atoms with Crippen molar-refractivity contribution >= 4 is 33.2 Å². The molecule has 126 valence electrons. The van der Waals surface area contributed by atoms with E-state index in [4.69, 9.17) is 0 Å². The number of hydrogen-bond acceptors (Lipinski definition) is 4. The van der Waals surface area contributed by atoms with Crippen molar-refractivity contribution in [2.75, 3.05) is 28.5 Å². The zero-order valence-electron chi connectivity index (χ0n) is 13.0. The van der Waals surface area contributed by atoms with E-state index in [1.807, 2.05) is 0 Å². The van der Waals surface area contributed by atoms with Crippen LogP contribution in [0, 0.1) is 0 Å². The van der Waals surface area contributed by atoms with Crippen molar-refractivity contribution in [3.63, 3.8) is 0 Å². The molecule has 0 radical (unpaired) electrons. The van der Waals surface area contributed by atoms with Crippen molar-refractivity contribution in [2.45, 2.75) is 26.2 Å². The van der Waals surface area contributed by atoms with Crippen LogP contribution in [0.4, 0.5) is 11.4 Å². The SMILES string of the molecule is CC(=O)NCCC(=O)Nc1cccc(N2CCCCS2(=O)=O)c1. The summed E-state index contributed by atoms with van der Waals surface area (Å²) in [5.41, 5.74) is 1.10. The number of sulfonamides is 1. The summed E-state index contributed by atoms with van der Waals surface area (Å²) in [5, 5.41) is 5.26. The van der Waals surface area contributed by atoms with Crippen LogP contribution in [0.25, 0.3) is 0 Å². The molecule has 1 aliphatic heterocycles. The predicted octanol–water partition coefficient (Wildman–Crippen LogP) is 1.08. The van der Waals surface area contributed by atoms with Gasteiger partial charge in [0.15, 0.2) is 0 Å². The normalized spacial score (nSPS) is 16.7. The van der Waals surface area contributed by atoms with Crippen LogP contribution in [-0.4, -0.2) is 39.1 Å². The number of nitrogens with zero attached hydrogens (tertiary/aromatic N) is 1. The van der Waals surface area contributed by atoms with Crippen LogP contribution in [0.15, 0.2) is 24.3 Å². The first-order chi connectivity index (χ1) is 10.9. The molecule has 1 aromatic carbocycles. The molecule has 8 heteroatoms. The number of nitrogens with one attached hydrogen (secondary N) is 2. The summed E-state index contributed by atoms with van der Waals surface area (Å²) >= 11 is 0. The van der Waals surface area contributed by atoms with Gasteiger partial charge in [0.2, 0.25) is 21.8 Å². The lowest BCUT2D eigenvalue weighted by atomic mass is 10.2. The van der Waals surface area contributed by atoms with Gasteiger partial charge in [0.1, 0.15) is 0 Å². The maximum Gasteiger partial charge on any atom is 0.235 e. The standard InChI is InChI=1S/C15H21N3O4S/c1-12(19)16-8-7-15(20)17-13-5-4-6-14(11-13)18-9-2-3-10-23(18,21)22/h4-6,11H,2-3,7-10H2,1H3,(H,16,19)(H,17,20). The lowest BCUT2D eigenvalue weighted by Crippen LogP contribution is -2.37. The lowest BCUT2D eigenvalue weighted by Gasteiger charge is -2.28. The van der Waals surface area contributed by atoms with E-state index in [0.29, 0.717) is 24.3 Å². The highest BCUT2D eigenvalue weighted by Gasteiger charge is 2.26. The minimum atomic E-state index is -3.27. The van der Waals surface area contributed by atoms with Crippen LogP contribution < -0.4 is 14.9 Å². The molecule has 0 spiro atoms. The van der Waals surface area contributed by atoms with Crippen LogP contribution in [0.2, 0.25) is 0 Å². The van der Waals surface area contributed by atoms with Crippen LogP contribution in [-0.2, 0) is 19.6 Å². The number of benzene rings is 1. The van der Waals surface area contributed by atoms with E-state index >= 15 is 0 Å². The lowest BCUT2D eigenvalue weighted by molar-refractivity contribution is -0.119. The molecule has 2 amide bonds. The number of carbonyl (C=O) groups is 2. The summed E-state index contributed by atoms with van der Waals surface area (Å²) in [5.74, 6) is -0.271. The average molecular weight is 339 g/mol. The van der Waals surface area contributed by atoms with E-state index in [2.05, 4.69) is 10.6 Å². The molecule has 7 nitrogen and oxygen atoms in total. The summed E-state index contributed by atoms with van der Waals surface area (Å²) in [7, 11) is -3.27. The molecule has 2 rings (SSSR count). The van der Waals surface area contributed by atoms with Crippen LogP contribution in [0.5, 0.6) is 0 Å². The minimum absolute atomic E-state index is 0.153. The van der Waals surface area contributed by atoms with Crippen molar-refractivity contribution in [1.82, 2.24) is 5.32 Å². The Bertz CT molecular complexity index is 688. The second-order valence-corrected chi connectivity index (χ2v) is 7.44. The molecule has 23 heavy (non-hydrogen) atoms. The maximum atomic E-state index is 12.1. The van der Waals surface area contributed by atoms with Crippen LogP contribution in [0.1, 0.15) is 26.2 Å². The monoisotopic (exact) mass is 339 g/mol. The Morgan fingerprint density at radius 1 is 1.26 bits per heavy atom. The van der Waals surface area contributed by atoms with Gasteiger partial charge in [-0.25, -0.2) is 8.42 Å². The highest BCUT2D eigenvalue weighted by Crippen LogP contribution is 2.25. The number of amides is 2. The number of rotatable bonds is 5. The minimum Gasteiger partial charge on any atom is -0.356 e. The molecule has 0 aromatic heterocycles. The largest absolute Gasteiger partial charge is 0.356 e. The van der Waals surface area contributed by atoms with Crippen LogP contribution >= 0.6 is 0 Å². The highest BCUT2D eigenvalue weighted by molar-refractivity contribution is 7.92. The van der Waals surface area contributed by atoms with E-state index in [1.165, 1.54) is 11.2 Å². The van der Waals surface area contributed by atoms with Crippen molar-refractivity contribution in [3.05, 3.63) is 24.3 Å². The smallest absolute Gasteiger partial charge is 0.235 e. The molecule has 0 aliphatic carbocycles. The van der Waals surface area contributed by atoms with Gasteiger partial charge in [-0.15, -0.1) is 0 Å². The fraction of sp³-hybridized carbons (Fsp3) is 0.467.